The van der Waals surface area contributed by atoms with Gasteiger partial charge in [-0.05, 0) is 60.6 Å². The van der Waals surface area contributed by atoms with E-state index in [1.165, 1.54) is 5.56 Å². The average molecular weight is 445 g/mol. The van der Waals surface area contributed by atoms with E-state index in [0.717, 1.165) is 33.1 Å². The number of benzene rings is 3. The molecule has 0 fully saturated rings. The lowest BCUT2D eigenvalue weighted by Gasteiger charge is -2.22. The third-order valence-corrected chi connectivity index (χ3v) is 6.03. The molecule has 31 heavy (non-hydrogen) atoms. The number of aromatic nitrogens is 1. The van der Waals surface area contributed by atoms with Gasteiger partial charge in [-0.2, -0.15) is 0 Å². The Hall–Kier alpha value is -2.76. The van der Waals surface area contributed by atoms with Crippen LogP contribution in [0.15, 0.2) is 66.7 Å². The van der Waals surface area contributed by atoms with Gasteiger partial charge in [-0.3, -0.25) is 0 Å². The normalized spacial score (nSPS) is 11.8. The highest BCUT2D eigenvalue weighted by Crippen LogP contribution is 2.35. The third-order valence-electron chi connectivity index (χ3n) is 5.12. The Morgan fingerprint density at radius 1 is 0.839 bits per heavy atom. The first-order valence-electron chi connectivity index (χ1n) is 10.4. The Labute approximate surface area is 190 Å². The monoisotopic (exact) mass is 444 g/mol. The van der Waals surface area contributed by atoms with E-state index in [-0.39, 0.29) is 5.41 Å². The fourth-order valence-corrected chi connectivity index (χ4v) is 4.48. The quantitative estimate of drug-likeness (QED) is 0.191. The van der Waals surface area contributed by atoms with Crippen LogP contribution in [0.5, 0.6) is 11.5 Å². The first kappa shape index (κ1) is 21.5. The highest BCUT2D eigenvalue weighted by Gasteiger charge is 2.20. The van der Waals surface area contributed by atoms with Crippen LogP contribution in [0.4, 0.5) is 0 Å². The molecule has 4 aromatic rings. The summed E-state index contributed by atoms with van der Waals surface area (Å²) in [7, 11) is -0.972. The second kappa shape index (κ2) is 8.40. The number of pyridine rings is 1. The summed E-state index contributed by atoms with van der Waals surface area (Å²) in [6.45, 7) is 10.8. The van der Waals surface area contributed by atoms with Crippen LogP contribution in [0.25, 0.3) is 21.8 Å². The minimum atomic E-state index is -0.972. The second-order valence-corrected chi connectivity index (χ2v) is 11.2. The smallest absolute Gasteiger partial charge is 0.274 e. The molecule has 0 bridgehead atoms. The molecule has 0 aliphatic rings. The summed E-state index contributed by atoms with van der Waals surface area (Å²) in [5.41, 5.74) is 3.90. The van der Waals surface area contributed by atoms with Gasteiger partial charge in [0, 0.05) is 16.3 Å². The predicted octanol–water partition coefficient (Wildman–Crippen LogP) is 7.07. The standard InChI is InChI=1S/C26H26NO2SSi/c1-26(2,3)17-14-15-22(23(16-17)29-31(4)5)28-25(30)24-18-10-6-8-12-20(18)27-21-13-9-7-11-19(21)24/h6-16H,1-5H3. The van der Waals surface area contributed by atoms with Gasteiger partial charge in [0.15, 0.2) is 10.8 Å². The summed E-state index contributed by atoms with van der Waals surface area (Å²) >= 11 is 5.84. The Bertz CT molecular complexity index is 1220. The largest absolute Gasteiger partial charge is 0.540 e. The third kappa shape index (κ3) is 4.48. The van der Waals surface area contributed by atoms with Crippen LogP contribution >= 0.6 is 12.2 Å². The topological polar surface area (TPSA) is 31.4 Å². The van der Waals surface area contributed by atoms with Gasteiger partial charge in [0.05, 0.1) is 11.0 Å². The minimum Gasteiger partial charge on any atom is -0.540 e. The SMILES string of the molecule is C[Si](C)Oc1cc(C(C)(C)C)ccc1OC(=S)c1c2ccccc2nc2ccccc12. The van der Waals surface area contributed by atoms with Crippen molar-refractivity contribution in [3.05, 3.63) is 77.9 Å². The van der Waals surface area contributed by atoms with Crippen LogP contribution in [0.1, 0.15) is 31.9 Å². The Morgan fingerprint density at radius 2 is 1.42 bits per heavy atom. The molecule has 1 heterocycles. The average Bonchev–Trinajstić information content (AvgIpc) is 2.72. The molecule has 0 N–H and O–H groups in total. The van der Waals surface area contributed by atoms with E-state index in [1.54, 1.807) is 0 Å². The molecule has 157 valence electrons. The maximum atomic E-state index is 6.31. The lowest BCUT2D eigenvalue weighted by molar-refractivity contribution is 0.497. The summed E-state index contributed by atoms with van der Waals surface area (Å²) in [6.07, 6.45) is 0. The summed E-state index contributed by atoms with van der Waals surface area (Å²) in [6, 6.07) is 22.2. The van der Waals surface area contributed by atoms with E-state index in [2.05, 4.69) is 46.0 Å². The van der Waals surface area contributed by atoms with Crippen LogP contribution in [0, 0.1) is 0 Å². The van der Waals surface area contributed by atoms with Crippen LogP contribution in [-0.2, 0) is 5.41 Å². The molecule has 3 aromatic carbocycles. The molecule has 0 saturated heterocycles. The lowest BCUT2D eigenvalue weighted by Crippen LogP contribution is -2.16. The van der Waals surface area contributed by atoms with Gasteiger partial charge in [0.1, 0.15) is 5.75 Å². The zero-order chi connectivity index (χ0) is 22.2. The maximum absolute atomic E-state index is 6.31. The van der Waals surface area contributed by atoms with Gasteiger partial charge in [0.2, 0.25) is 0 Å². The number of para-hydroxylation sites is 2. The first-order valence-corrected chi connectivity index (χ1v) is 13.2. The van der Waals surface area contributed by atoms with E-state index in [1.807, 2.05) is 54.6 Å². The van der Waals surface area contributed by atoms with Crippen LogP contribution in [0.3, 0.4) is 0 Å². The van der Waals surface area contributed by atoms with E-state index in [0.29, 0.717) is 10.8 Å². The molecule has 3 nitrogen and oxygen atoms in total. The summed E-state index contributed by atoms with van der Waals surface area (Å²) in [4.78, 5) is 4.79. The molecule has 4 rings (SSSR count). The maximum Gasteiger partial charge on any atom is 0.274 e. The molecule has 1 aromatic heterocycles. The molecule has 1 radical (unpaired) electrons. The van der Waals surface area contributed by atoms with Crippen molar-refractivity contribution in [3.8, 4) is 11.5 Å². The fraction of sp³-hybridized carbons (Fsp3) is 0.231. The number of nitrogens with zero attached hydrogens (tertiary/aromatic N) is 1. The Kier molecular flexibility index (Phi) is 5.82. The first-order chi connectivity index (χ1) is 14.7. The number of hydrogen-bond acceptors (Lipinski definition) is 4. The van der Waals surface area contributed by atoms with Crippen molar-refractivity contribution in [3.63, 3.8) is 0 Å². The highest BCUT2D eigenvalue weighted by molar-refractivity contribution is 7.80. The van der Waals surface area contributed by atoms with Gasteiger partial charge < -0.3 is 9.16 Å². The zero-order valence-electron chi connectivity index (χ0n) is 18.5. The number of fused-ring (bicyclic) bond motifs is 2. The predicted molar refractivity (Wildman–Crippen MR) is 135 cm³/mol. The van der Waals surface area contributed by atoms with Gasteiger partial charge in [-0.25, -0.2) is 4.98 Å². The van der Waals surface area contributed by atoms with E-state index in [4.69, 9.17) is 26.4 Å². The summed E-state index contributed by atoms with van der Waals surface area (Å²) in [5.74, 6) is 1.39. The molecule has 0 atom stereocenters. The van der Waals surface area contributed by atoms with Gasteiger partial charge >= 0.3 is 0 Å². The second-order valence-electron chi connectivity index (χ2n) is 8.83. The van der Waals surface area contributed by atoms with E-state index in [9.17, 15) is 0 Å². The van der Waals surface area contributed by atoms with Crippen molar-refractivity contribution in [2.24, 2.45) is 0 Å². The van der Waals surface area contributed by atoms with Gasteiger partial charge in [-0.1, -0.05) is 63.2 Å². The van der Waals surface area contributed by atoms with Crippen molar-refractivity contribution in [1.29, 1.82) is 0 Å². The van der Waals surface area contributed by atoms with Gasteiger partial charge in [-0.15, -0.1) is 0 Å². The molecule has 0 aliphatic carbocycles. The Balaban J connectivity index is 1.82. The number of thiocarbonyl (C=S) groups is 1. The molecule has 0 spiro atoms. The summed E-state index contributed by atoms with van der Waals surface area (Å²) in [5, 5.41) is 2.38. The van der Waals surface area contributed by atoms with Crippen molar-refractivity contribution < 1.29 is 9.16 Å². The van der Waals surface area contributed by atoms with Gasteiger partial charge in [0.25, 0.3) is 9.04 Å². The van der Waals surface area contributed by atoms with Crippen LogP contribution in [0.2, 0.25) is 13.1 Å². The summed E-state index contributed by atoms with van der Waals surface area (Å²) < 4.78 is 12.5. The van der Waals surface area contributed by atoms with Crippen molar-refractivity contribution >= 4 is 48.1 Å². The molecule has 0 aliphatic heterocycles. The molecule has 0 amide bonds. The molecular formula is C26H26NO2SSi. The number of hydrogen-bond donors (Lipinski definition) is 0. The molecule has 0 unspecified atom stereocenters. The van der Waals surface area contributed by atoms with Crippen molar-refractivity contribution in [1.82, 2.24) is 4.98 Å². The molecular weight excluding hydrogens is 418 g/mol. The number of rotatable bonds is 4. The number of ether oxygens (including phenoxy) is 1. The Morgan fingerprint density at radius 3 is 1.97 bits per heavy atom. The van der Waals surface area contributed by atoms with Crippen molar-refractivity contribution in [2.75, 3.05) is 0 Å². The van der Waals surface area contributed by atoms with Crippen molar-refractivity contribution in [2.45, 2.75) is 39.3 Å². The highest BCUT2D eigenvalue weighted by atomic mass is 32.1. The fourth-order valence-electron chi connectivity index (χ4n) is 3.57. The molecule has 5 heteroatoms. The molecule has 0 saturated carbocycles. The zero-order valence-corrected chi connectivity index (χ0v) is 20.3. The van der Waals surface area contributed by atoms with E-state index < -0.39 is 9.04 Å². The minimum absolute atomic E-state index is 0.0169. The van der Waals surface area contributed by atoms with Crippen LogP contribution < -0.4 is 9.16 Å². The van der Waals surface area contributed by atoms with Crippen LogP contribution in [-0.4, -0.2) is 19.1 Å². The van der Waals surface area contributed by atoms with E-state index >= 15 is 0 Å². The lowest BCUT2D eigenvalue weighted by atomic mass is 9.87.